The topological polar surface area (TPSA) is 71.8 Å². The number of nitrogens with one attached hydrogen (secondary N) is 1. The van der Waals surface area contributed by atoms with Crippen molar-refractivity contribution in [2.75, 3.05) is 0 Å². The van der Waals surface area contributed by atoms with Crippen molar-refractivity contribution in [3.8, 4) is 11.3 Å². The molecule has 0 fully saturated rings. The average molecular weight is 224 g/mol. The SMILES string of the molecule is O=[N+]([O-])c1cc(-c2ccc(Cl)cc2)n[nH]1. The van der Waals surface area contributed by atoms with Gasteiger partial charge in [0.25, 0.3) is 0 Å². The van der Waals surface area contributed by atoms with Gasteiger partial charge in [-0.2, -0.15) is 0 Å². The predicted molar refractivity (Wildman–Crippen MR) is 55.7 cm³/mol. The highest BCUT2D eigenvalue weighted by Gasteiger charge is 2.10. The Kier molecular flexibility index (Phi) is 2.39. The summed E-state index contributed by atoms with van der Waals surface area (Å²) < 4.78 is 0. The smallest absolute Gasteiger partial charge is 0.343 e. The third kappa shape index (κ3) is 1.97. The van der Waals surface area contributed by atoms with Crippen LogP contribution in [0.3, 0.4) is 0 Å². The molecule has 2 aromatic rings. The normalized spacial score (nSPS) is 10.2. The molecule has 0 aliphatic heterocycles. The number of nitrogens with zero attached hydrogens (tertiary/aromatic N) is 2. The van der Waals surface area contributed by atoms with E-state index in [1.165, 1.54) is 6.07 Å². The number of hydrogen-bond acceptors (Lipinski definition) is 3. The van der Waals surface area contributed by atoms with Gasteiger partial charge < -0.3 is 10.1 Å². The minimum absolute atomic E-state index is 0.125. The third-order valence-corrected chi connectivity index (χ3v) is 2.15. The molecule has 1 aromatic heterocycles. The molecule has 0 radical (unpaired) electrons. The summed E-state index contributed by atoms with van der Waals surface area (Å²) in [6.45, 7) is 0. The highest BCUT2D eigenvalue weighted by Crippen LogP contribution is 2.22. The molecule has 1 heterocycles. The molecular formula is C9H6ClN3O2. The first kappa shape index (κ1) is 9.67. The number of aromatic amines is 1. The fraction of sp³-hybridized carbons (Fsp3) is 0. The fourth-order valence-electron chi connectivity index (χ4n) is 1.17. The first-order valence-electron chi connectivity index (χ1n) is 4.12. The molecule has 2 rings (SSSR count). The van der Waals surface area contributed by atoms with Crippen LogP contribution in [0.2, 0.25) is 5.02 Å². The van der Waals surface area contributed by atoms with Crippen molar-refractivity contribution in [2.24, 2.45) is 0 Å². The zero-order valence-corrected chi connectivity index (χ0v) is 8.23. The molecule has 0 saturated heterocycles. The summed E-state index contributed by atoms with van der Waals surface area (Å²) in [5.41, 5.74) is 1.31. The molecule has 76 valence electrons. The molecule has 0 unspecified atom stereocenters. The van der Waals surface area contributed by atoms with Crippen molar-refractivity contribution in [1.29, 1.82) is 0 Å². The number of halogens is 1. The largest absolute Gasteiger partial charge is 0.358 e. The minimum atomic E-state index is -0.521. The number of aromatic nitrogens is 2. The summed E-state index contributed by atoms with van der Waals surface area (Å²) in [5.74, 6) is -0.125. The van der Waals surface area contributed by atoms with Gasteiger partial charge in [-0.3, -0.25) is 0 Å². The number of H-pyrrole nitrogens is 1. The van der Waals surface area contributed by atoms with Crippen LogP contribution in [-0.2, 0) is 0 Å². The molecule has 6 heteroatoms. The highest BCUT2D eigenvalue weighted by atomic mass is 35.5. The lowest BCUT2D eigenvalue weighted by Crippen LogP contribution is -1.86. The molecule has 15 heavy (non-hydrogen) atoms. The monoisotopic (exact) mass is 223 g/mol. The van der Waals surface area contributed by atoms with E-state index in [4.69, 9.17) is 11.6 Å². The molecule has 1 aromatic carbocycles. The van der Waals surface area contributed by atoms with Gasteiger partial charge in [0, 0.05) is 10.6 Å². The van der Waals surface area contributed by atoms with Crippen molar-refractivity contribution in [3.05, 3.63) is 45.5 Å². The zero-order valence-electron chi connectivity index (χ0n) is 7.48. The van der Waals surface area contributed by atoms with Crippen LogP contribution < -0.4 is 0 Å². The Morgan fingerprint density at radius 1 is 1.33 bits per heavy atom. The molecule has 0 spiro atoms. The molecule has 0 amide bonds. The minimum Gasteiger partial charge on any atom is -0.358 e. The summed E-state index contributed by atoms with van der Waals surface area (Å²) in [6, 6.07) is 8.29. The summed E-state index contributed by atoms with van der Waals surface area (Å²) in [4.78, 5) is 9.89. The van der Waals surface area contributed by atoms with Crippen LogP contribution >= 0.6 is 11.6 Å². The van der Waals surface area contributed by atoms with E-state index in [0.29, 0.717) is 10.7 Å². The molecule has 0 bridgehead atoms. The first-order valence-corrected chi connectivity index (χ1v) is 4.50. The molecule has 5 nitrogen and oxygen atoms in total. The summed E-state index contributed by atoms with van der Waals surface area (Å²) in [7, 11) is 0. The van der Waals surface area contributed by atoms with Crippen molar-refractivity contribution in [1.82, 2.24) is 10.2 Å². The number of nitro groups is 1. The number of hydrogen-bond donors (Lipinski definition) is 1. The van der Waals surface area contributed by atoms with Crippen LogP contribution in [0.15, 0.2) is 30.3 Å². The zero-order chi connectivity index (χ0) is 10.8. The maximum atomic E-state index is 10.4. The maximum absolute atomic E-state index is 10.4. The third-order valence-electron chi connectivity index (χ3n) is 1.90. The fourth-order valence-corrected chi connectivity index (χ4v) is 1.30. The van der Waals surface area contributed by atoms with Crippen LogP contribution in [0.5, 0.6) is 0 Å². The van der Waals surface area contributed by atoms with E-state index < -0.39 is 4.92 Å². The molecule has 0 atom stereocenters. The van der Waals surface area contributed by atoms with Gasteiger partial charge in [-0.1, -0.05) is 28.8 Å². The van der Waals surface area contributed by atoms with Crippen molar-refractivity contribution in [2.45, 2.75) is 0 Å². The lowest BCUT2D eigenvalue weighted by Gasteiger charge is -1.93. The van der Waals surface area contributed by atoms with E-state index in [9.17, 15) is 10.1 Å². The van der Waals surface area contributed by atoms with Crippen LogP contribution in [-0.4, -0.2) is 15.1 Å². The van der Waals surface area contributed by atoms with Crippen LogP contribution in [0, 0.1) is 10.1 Å². The van der Waals surface area contributed by atoms with Gasteiger partial charge in [0.15, 0.2) is 0 Å². The van der Waals surface area contributed by atoms with Gasteiger partial charge in [0.05, 0.1) is 6.07 Å². The maximum Gasteiger partial charge on any atom is 0.343 e. The van der Waals surface area contributed by atoms with Crippen molar-refractivity contribution < 1.29 is 4.92 Å². The summed E-state index contributed by atoms with van der Waals surface area (Å²) in [5, 5.41) is 17.2. The lowest BCUT2D eigenvalue weighted by molar-refractivity contribution is -0.389. The molecule has 0 aliphatic rings. The summed E-state index contributed by atoms with van der Waals surface area (Å²) >= 11 is 5.72. The van der Waals surface area contributed by atoms with E-state index in [1.807, 2.05) is 0 Å². The Balaban J connectivity index is 2.37. The molecule has 0 saturated carbocycles. The van der Waals surface area contributed by atoms with E-state index in [2.05, 4.69) is 10.2 Å². The van der Waals surface area contributed by atoms with Gasteiger partial charge in [0.1, 0.15) is 5.69 Å². The second-order valence-corrected chi connectivity index (χ2v) is 3.34. The van der Waals surface area contributed by atoms with Gasteiger partial charge in [0.2, 0.25) is 0 Å². The van der Waals surface area contributed by atoms with Gasteiger partial charge in [-0.25, -0.2) is 0 Å². The van der Waals surface area contributed by atoms with Gasteiger partial charge in [-0.15, -0.1) is 5.10 Å². The van der Waals surface area contributed by atoms with E-state index >= 15 is 0 Å². The Morgan fingerprint density at radius 3 is 2.53 bits per heavy atom. The molecular weight excluding hydrogens is 218 g/mol. The Labute approximate surface area is 89.8 Å². The molecule has 1 N–H and O–H groups in total. The number of benzene rings is 1. The summed E-state index contributed by atoms with van der Waals surface area (Å²) in [6.07, 6.45) is 0. The Hall–Kier alpha value is -1.88. The second-order valence-electron chi connectivity index (χ2n) is 2.90. The van der Waals surface area contributed by atoms with E-state index in [0.717, 1.165) is 5.56 Å². The Morgan fingerprint density at radius 2 is 2.00 bits per heavy atom. The standard InChI is InChI=1S/C9H6ClN3O2/c10-7-3-1-6(2-4-7)8-5-9(12-11-8)13(14)15/h1-5H,(H,11,12). The van der Waals surface area contributed by atoms with Gasteiger partial charge in [-0.05, 0) is 17.1 Å². The molecule has 0 aliphatic carbocycles. The van der Waals surface area contributed by atoms with E-state index in [1.54, 1.807) is 24.3 Å². The Bertz CT molecular complexity index is 492. The second kappa shape index (κ2) is 3.70. The van der Waals surface area contributed by atoms with Crippen molar-refractivity contribution in [3.63, 3.8) is 0 Å². The van der Waals surface area contributed by atoms with Crippen LogP contribution in [0.1, 0.15) is 0 Å². The van der Waals surface area contributed by atoms with Crippen LogP contribution in [0.4, 0.5) is 5.82 Å². The quantitative estimate of drug-likeness (QED) is 0.628. The first-order chi connectivity index (χ1) is 7.16. The van der Waals surface area contributed by atoms with Crippen molar-refractivity contribution >= 4 is 17.4 Å². The highest BCUT2D eigenvalue weighted by molar-refractivity contribution is 6.30. The van der Waals surface area contributed by atoms with Crippen LogP contribution in [0.25, 0.3) is 11.3 Å². The lowest BCUT2D eigenvalue weighted by atomic mass is 10.1. The predicted octanol–water partition coefficient (Wildman–Crippen LogP) is 2.64. The number of rotatable bonds is 2. The van der Waals surface area contributed by atoms with E-state index in [-0.39, 0.29) is 5.82 Å². The average Bonchev–Trinajstić information content (AvgIpc) is 2.68. The van der Waals surface area contributed by atoms with Gasteiger partial charge >= 0.3 is 5.82 Å².